The molecule has 1 aromatic rings. The van der Waals surface area contributed by atoms with E-state index in [1.54, 1.807) is 0 Å². The predicted octanol–water partition coefficient (Wildman–Crippen LogP) is 4.76. The molecule has 1 heterocycles. The van der Waals surface area contributed by atoms with Crippen LogP contribution in [-0.4, -0.2) is 0 Å². The first-order valence-electron chi connectivity index (χ1n) is 3.76. The Morgan fingerprint density at radius 1 is 1.19 bits per heavy atom. The normalized spacial score (nSPS) is 12.9. The van der Waals surface area contributed by atoms with Crippen molar-refractivity contribution in [1.29, 1.82) is 0 Å². The molecule has 2 N–H and O–H groups in total. The molecule has 0 unspecified atom stereocenters. The molecule has 1 aromatic carbocycles. The van der Waals surface area contributed by atoms with Gasteiger partial charge in [0, 0.05) is 0 Å². The standard InChI is InChI=1S/C9H4ClF3N.H2N.W/c10-7-2-1-5(8-4-14-8)3-6(7)9(11,12)13;;/h1-4H;1H2;/q2*-1;+2. The maximum Gasteiger partial charge on any atom is 2.00 e. The fourth-order valence-corrected chi connectivity index (χ4v) is 1.31. The molecule has 0 atom stereocenters. The third-order valence-corrected chi connectivity index (χ3v) is 2.16. The molecule has 0 saturated carbocycles. The van der Waals surface area contributed by atoms with E-state index in [1.807, 2.05) is 0 Å². The molecule has 86 valence electrons. The van der Waals surface area contributed by atoms with Crippen LogP contribution in [0.3, 0.4) is 0 Å². The van der Waals surface area contributed by atoms with Gasteiger partial charge in [-0.15, -0.1) is 0 Å². The van der Waals surface area contributed by atoms with E-state index < -0.39 is 11.7 Å². The van der Waals surface area contributed by atoms with Gasteiger partial charge in [0.2, 0.25) is 0 Å². The van der Waals surface area contributed by atoms with Crippen LogP contribution in [0.15, 0.2) is 24.4 Å². The average Bonchev–Trinajstić information content (AvgIpc) is 2.85. The van der Waals surface area contributed by atoms with Crippen LogP contribution >= 0.6 is 11.6 Å². The Hall–Kier alpha value is -0.512. The predicted molar refractivity (Wildman–Crippen MR) is 53.1 cm³/mol. The summed E-state index contributed by atoms with van der Waals surface area (Å²) < 4.78 is 37.1. The molecule has 0 bridgehead atoms. The number of benzene rings is 1. The fourth-order valence-electron chi connectivity index (χ4n) is 1.08. The molecule has 7 heteroatoms. The molecule has 0 amide bonds. The van der Waals surface area contributed by atoms with E-state index in [-0.39, 0.29) is 32.2 Å². The van der Waals surface area contributed by atoms with Crippen molar-refractivity contribution >= 4 is 17.3 Å². The summed E-state index contributed by atoms with van der Waals surface area (Å²) in [5.41, 5.74) is 0.202. The summed E-state index contributed by atoms with van der Waals surface area (Å²) in [6.45, 7) is 0. The van der Waals surface area contributed by atoms with Gasteiger partial charge in [-0.25, -0.2) is 0 Å². The molecule has 0 aliphatic carbocycles. The van der Waals surface area contributed by atoms with Gasteiger partial charge in [-0.3, -0.25) is 0 Å². The second-order valence-electron chi connectivity index (χ2n) is 2.84. The van der Waals surface area contributed by atoms with Crippen LogP contribution < -0.4 is 0 Å². The zero-order chi connectivity index (χ0) is 10.3. The van der Waals surface area contributed by atoms with Crippen molar-refractivity contribution < 1.29 is 34.2 Å². The first kappa shape index (κ1) is 15.5. The van der Waals surface area contributed by atoms with Crippen LogP contribution in [0.4, 0.5) is 13.2 Å². The molecule has 0 spiro atoms. The van der Waals surface area contributed by atoms with Crippen molar-refractivity contribution in [3.63, 3.8) is 0 Å². The SMILES string of the molecule is FC(F)(F)c1cc(C2=C[N-]2)ccc1Cl.[NH2-].[W+2]. The Labute approximate surface area is 110 Å². The summed E-state index contributed by atoms with van der Waals surface area (Å²) in [5.74, 6) is 0. The van der Waals surface area contributed by atoms with Gasteiger partial charge in [0.25, 0.3) is 0 Å². The van der Waals surface area contributed by atoms with Gasteiger partial charge in [-0.1, -0.05) is 17.7 Å². The largest absolute Gasteiger partial charge is 2.00 e. The topological polar surface area (TPSA) is 47.6 Å². The average molecular weight is 418 g/mol. The maximum atomic E-state index is 12.4. The van der Waals surface area contributed by atoms with Gasteiger partial charge in [-0.2, -0.15) is 25.1 Å². The van der Waals surface area contributed by atoms with E-state index in [2.05, 4.69) is 5.32 Å². The third-order valence-electron chi connectivity index (χ3n) is 1.83. The number of alkyl halides is 3. The Morgan fingerprint density at radius 3 is 2.19 bits per heavy atom. The zero-order valence-electron chi connectivity index (χ0n) is 7.75. The molecule has 1 aliphatic rings. The van der Waals surface area contributed by atoms with Gasteiger partial charge >= 0.3 is 27.2 Å². The smallest absolute Gasteiger partial charge is 0.693 e. The van der Waals surface area contributed by atoms with Crippen molar-refractivity contribution in [1.82, 2.24) is 0 Å². The fraction of sp³-hybridized carbons (Fsp3) is 0.111. The van der Waals surface area contributed by atoms with Crippen LogP contribution in [0.2, 0.25) is 5.02 Å². The van der Waals surface area contributed by atoms with Gasteiger partial charge in [0.1, 0.15) is 0 Å². The van der Waals surface area contributed by atoms with E-state index in [0.29, 0.717) is 11.3 Å². The number of hydrogen-bond acceptors (Lipinski definition) is 0. The second-order valence-corrected chi connectivity index (χ2v) is 3.24. The Morgan fingerprint density at radius 2 is 1.75 bits per heavy atom. The van der Waals surface area contributed by atoms with Gasteiger partial charge in [0.15, 0.2) is 0 Å². The minimum absolute atomic E-state index is 0. The van der Waals surface area contributed by atoms with Crippen molar-refractivity contribution in [2.45, 2.75) is 6.18 Å². The molecule has 2 rings (SSSR count). The molecular formula is C9H6ClF3N2W. The molecule has 16 heavy (non-hydrogen) atoms. The summed E-state index contributed by atoms with van der Waals surface area (Å²) in [5, 5.41) is 3.42. The van der Waals surface area contributed by atoms with Crippen molar-refractivity contribution in [2.75, 3.05) is 0 Å². The number of nitrogens with two attached hydrogens (primary N) is 1. The monoisotopic (exact) mass is 418 g/mol. The van der Waals surface area contributed by atoms with Crippen LogP contribution in [0.5, 0.6) is 0 Å². The maximum absolute atomic E-state index is 12.4. The van der Waals surface area contributed by atoms with Crippen LogP contribution in [0, 0.1) is 0 Å². The number of halogens is 4. The number of rotatable bonds is 1. The minimum Gasteiger partial charge on any atom is -0.693 e. The third kappa shape index (κ3) is 3.24. The molecule has 0 fully saturated rings. The van der Waals surface area contributed by atoms with E-state index in [9.17, 15) is 13.2 Å². The van der Waals surface area contributed by atoms with Gasteiger partial charge < -0.3 is 11.5 Å². The molecule has 0 saturated heterocycles. The van der Waals surface area contributed by atoms with Crippen molar-refractivity contribution in [2.24, 2.45) is 0 Å². The van der Waals surface area contributed by atoms with Gasteiger partial charge in [-0.05, 0) is 17.7 Å². The Balaban J connectivity index is 0.00000112. The van der Waals surface area contributed by atoms with Crippen LogP contribution in [0.1, 0.15) is 11.1 Å². The van der Waals surface area contributed by atoms with E-state index in [0.717, 1.165) is 6.07 Å². The number of nitrogens with zero attached hydrogens (tertiary/aromatic N) is 1. The van der Waals surface area contributed by atoms with Crippen molar-refractivity contribution in [3.05, 3.63) is 52.0 Å². The summed E-state index contributed by atoms with van der Waals surface area (Å²) in [4.78, 5) is 0. The summed E-state index contributed by atoms with van der Waals surface area (Å²) in [6, 6.07) is 3.75. The minimum atomic E-state index is -4.41. The summed E-state index contributed by atoms with van der Waals surface area (Å²) >= 11 is 5.44. The zero-order valence-corrected chi connectivity index (χ0v) is 11.4. The van der Waals surface area contributed by atoms with Crippen molar-refractivity contribution in [3.8, 4) is 0 Å². The van der Waals surface area contributed by atoms with Gasteiger partial charge in [0.05, 0.1) is 10.6 Å². The van der Waals surface area contributed by atoms with Crippen LogP contribution in [0.25, 0.3) is 17.2 Å². The quantitative estimate of drug-likeness (QED) is 0.632. The van der Waals surface area contributed by atoms with E-state index in [1.165, 1.54) is 18.3 Å². The Kier molecular flexibility index (Phi) is 5.05. The molecule has 1 aliphatic heterocycles. The molecule has 2 nitrogen and oxygen atoms in total. The Bertz CT molecular complexity index is 418. The van der Waals surface area contributed by atoms with E-state index in [4.69, 9.17) is 11.6 Å². The summed E-state index contributed by atoms with van der Waals surface area (Å²) in [7, 11) is 0. The second kappa shape index (κ2) is 5.21. The summed E-state index contributed by atoms with van der Waals surface area (Å²) in [6.07, 6.45) is -2.91. The first-order chi connectivity index (χ1) is 6.48. The number of hydrogen-bond donors (Lipinski definition) is 0. The molecular weight excluding hydrogens is 412 g/mol. The first-order valence-corrected chi connectivity index (χ1v) is 4.14. The molecule has 0 aromatic heterocycles. The van der Waals surface area contributed by atoms with E-state index >= 15 is 0 Å². The van der Waals surface area contributed by atoms with Crippen LogP contribution in [-0.2, 0) is 27.2 Å². The molecule has 0 radical (unpaired) electrons.